The van der Waals surface area contributed by atoms with Crippen molar-refractivity contribution in [3.63, 3.8) is 0 Å². The number of hydrogen-bond acceptors (Lipinski definition) is 2. The molecule has 0 amide bonds. The largest absolute Gasteiger partial charge is 0.315 e. The van der Waals surface area contributed by atoms with Crippen LogP contribution in [0.2, 0.25) is 10.0 Å². The number of rotatable bonds is 2. The van der Waals surface area contributed by atoms with E-state index in [0.717, 1.165) is 41.8 Å². The Labute approximate surface area is 113 Å². The molecule has 1 aliphatic rings. The summed E-state index contributed by atoms with van der Waals surface area (Å²) in [5.41, 5.74) is 1.12. The molecule has 0 bridgehead atoms. The van der Waals surface area contributed by atoms with E-state index in [0.29, 0.717) is 6.04 Å². The van der Waals surface area contributed by atoms with Crippen LogP contribution in [-0.4, -0.2) is 30.6 Å². The van der Waals surface area contributed by atoms with Crippen molar-refractivity contribution in [3.05, 3.63) is 33.8 Å². The Morgan fingerprint density at radius 1 is 1.35 bits per heavy atom. The van der Waals surface area contributed by atoms with E-state index in [1.165, 1.54) is 6.42 Å². The fourth-order valence-electron chi connectivity index (χ4n) is 2.18. The first-order chi connectivity index (χ1) is 8.16. The first-order valence-corrected chi connectivity index (χ1v) is 6.81. The SMILES string of the molecule is CC1CCNCCN1Cc1cc(Cl)ccc1Cl. The van der Waals surface area contributed by atoms with E-state index in [1.807, 2.05) is 18.2 Å². The Kier molecular flexibility index (Phi) is 4.69. The van der Waals surface area contributed by atoms with E-state index in [9.17, 15) is 0 Å². The van der Waals surface area contributed by atoms with E-state index in [1.54, 1.807) is 0 Å². The molecule has 1 heterocycles. The summed E-state index contributed by atoms with van der Waals surface area (Å²) in [5, 5.41) is 4.98. The molecule has 0 radical (unpaired) electrons. The van der Waals surface area contributed by atoms with Crippen LogP contribution in [0.5, 0.6) is 0 Å². The topological polar surface area (TPSA) is 15.3 Å². The summed E-state index contributed by atoms with van der Waals surface area (Å²) < 4.78 is 0. The number of nitrogens with zero attached hydrogens (tertiary/aromatic N) is 1. The van der Waals surface area contributed by atoms with Gasteiger partial charge in [-0.25, -0.2) is 0 Å². The molecule has 1 saturated heterocycles. The molecule has 2 rings (SSSR count). The predicted molar refractivity (Wildman–Crippen MR) is 73.8 cm³/mol. The summed E-state index contributed by atoms with van der Waals surface area (Å²) in [4.78, 5) is 2.46. The molecule has 0 spiro atoms. The highest BCUT2D eigenvalue weighted by molar-refractivity contribution is 6.33. The van der Waals surface area contributed by atoms with Crippen molar-refractivity contribution in [1.29, 1.82) is 0 Å². The summed E-state index contributed by atoms with van der Waals surface area (Å²) in [6.45, 7) is 6.35. The molecule has 0 aliphatic carbocycles. The normalized spacial score (nSPS) is 22.4. The Bertz CT molecular complexity index is 382. The van der Waals surface area contributed by atoms with Crippen LogP contribution in [0, 0.1) is 0 Å². The first-order valence-electron chi connectivity index (χ1n) is 6.05. The van der Waals surface area contributed by atoms with Gasteiger partial charge in [0.25, 0.3) is 0 Å². The fourth-order valence-corrected chi connectivity index (χ4v) is 2.55. The van der Waals surface area contributed by atoms with E-state index in [2.05, 4.69) is 17.1 Å². The van der Waals surface area contributed by atoms with Gasteiger partial charge in [0, 0.05) is 35.7 Å². The lowest BCUT2D eigenvalue weighted by molar-refractivity contribution is 0.211. The van der Waals surface area contributed by atoms with Crippen molar-refractivity contribution < 1.29 is 0 Å². The van der Waals surface area contributed by atoms with E-state index >= 15 is 0 Å². The minimum Gasteiger partial charge on any atom is -0.315 e. The Morgan fingerprint density at radius 2 is 2.18 bits per heavy atom. The van der Waals surface area contributed by atoms with Crippen LogP contribution >= 0.6 is 23.2 Å². The third-order valence-corrected chi connectivity index (χ3v) is 3.92. The lowest BCUT2D eigenvalue weighted by Crippen LogP contribution is -2.33. The van der Waals surface area contributed by atoms with Gasteiger partial charge < -0.3 is 5.32 Å². The molecule has 1 atom stereocenters. The van der Waals surface area contributed by atoms with Crippen LogP contribution in [0.4, 0.5) is 0 Å². The highest BCUT2D eigenvalue weighted by Crippen LogP contribution is 2.23. The third-order valence-electron chi connectivity index (χ3n) is 3.32. The van der Waals surface area contributed by atoms with Crippen molar-refractivity contribution in [3.8, 4) is 0 Å². The van der Waals surface area contributed by atoms with Crippen LogP contribution in [0.15, 0.2) is 18.2 Å². The van der Waals surface area contributed by atoms with Crippen molar-refractivity contribution in [2.45, 2.75) is 25.9 Å². The van der Waals surface area contributed by atoms with Gasteiger partial charge in [-0.05, 0) is 43.7 Å². The molecule has 2 nitrogen and oxygen atoms in total. The van der Waals surface area contributed by atoms with Crippen molar-refractivity contribution in [1.82, 2.24) is 10.2 Å². The van der Waals surface area contributed by atoms with E-state index < -0.39 is 0 Å². The molecule has 1 N–H and O–H groups in total. The molecule has 0 saturated carbocycles. The molecular weight excluding hydrogens is 255 g/mol. The van der Waals surface area contributed by atoms with Crippen LogP contribution in [0.3, 0.4) is 0 Å². The quantitative estimate of drug-likeness (QED) is 0.890. The molecule has 1 aromatic carbocycles. The Balaban J connectivity index is 2.10. The van der Waals surface area contributed by atoms with Gasteiger partial charge >= 0.3 is 0 Å². The summed E-state index contributed by atoms with van der Waals surface area (Å²) in [6.07, 6.45) is 1.18. The van der Waals surface area contributed by atoms with Gasteiger partial charge in [0.15, 0.2) is 0 Å². The second-order valence-corrected chi connectivity index (χ2v) is 5.44. The summed E-state index contributed by atoms with van der Waals surface area (Å²) in [6, 6.07) is 6.26. The molecule has 94 valence electrons. The molecule has 1 unspecified atom stereocenters. The highest BCUT2D eigenvalue weighted by Gasteiger charge is 2.17. The average Bonchev–Trinajstić information content (AvgIpc) is 2.50. The molecule has 1 aliphatic heterocycles. The van der Waals surface area contributed by atoms with Gasteiger partial charge in [-0.1, -0.05) is 23.2 Å². The molecule has 1 aromatic rings. The molecule has 4 heteroatoms. The smallest absolute Gasteiger partial charge is 0.0452 e. The third kappa shape index (κ3) is 3.59. The Morgan fingerprint density at radius 3 is 3.00 bits per heavy atom. The maximum absolute atomic E-state index is 6.20. The van der Waals surface area contributed by atoms with Gasteiger partial charge in [0.1, 0.15) is 0 Å². The van der Waals surface area contributed by atoms with Crippen LogP contribution in [0.25, 0.3) is 0 Å². The zero-order chi connectivity index (χ0) is 12.3. The number of halogens is 2. The van der Waals surface area contributed by atoms with Crippen LogP contribution in [0.1, 0.15) is 18.9 Å². The number of hydrogen-bond donors (Lipinski definition) is 1. The summed E-state index contributed by atoms with van der Waals surface area (Å²) in [5.74, 6) is 0. The van der Waals surface area contributed by atoms with Gasteiger partial charge in [0.05, 0.1) is 0 Å². The molecule has 17 heavy (non-hydrogen) atoms. The standard InChI is InChI=1S/C13H18Cl2N2/c1-10-4-5-16-6-7-17(10)9-11-8-12(14)2-3-13(11)15/h2-3,8,10,16H,4-7,9H2,1H3. The second kappa shape index (κ2) is 6.05. The maximum atomic E-state index is 6.20. The summed E-state index contributed by atoms with van der Waals surface area (Å²) >= 11 is 12.2. The highest BCUT2D eigenvalue weighted by atomic mass is 35.5. The minimum absolute atomic E-state index is 0.583. The zero-order valence-electron chi connectivity index (χ0n) is 10.0. The van der Waals surface area contributed by atoms with E-state index in [4.69, 9.17) is 23.2 Å². The van der Waals surface area contributed by atoms with E-state index in [-0.39, 0.29) is 0 Å². The molecular formula is C13H18Cl2N2. The Hall–Kier alpha value is -0.280. The minimum atomic E-state index is 0.583. The van der Waals surface area contributed by atoms with Crippen LogP contribution < -0.4 is 5.32 Å². The molecule has 1 fully saturated rings. The van der Waals surface area contributed by atoms with Crippen molar-refractivity contribution in [2.24, 2.45) is 0 Å². The van der Waals surface area contributed by atoms with Crippen LogP contribution in [-0.2, 0) is 6.54 Å². The van der Waals surface area contributed by atoms with Gasteiger partial charge in [-0.15, -0.1) is 0 Å². The lowest BCUT2D eigenvalue weighted by atomic mass is 10.1. The summed E-state index contributed by atoms with van der Waals surface area (Å²) in [7, 11) is 0. The molecule has 0 aromatic heterocycles. The van der Waals surface area contributed by atoms with Gasteiger partial charge in [-0.3, -0.25) is 4.90 Å². The fraction of sp³-hybridized carbons (Fsp3) is 0.538. The van der Waals surface area contributed by atoms with Gasteiger partial charge in [-0.2, -0.15) is 0 Å². The monoisotopic (exact) mass is 272 g/mol. The zero-order valence-corrected chi connectivity index (χ0v) is 11.6. The maximum Gasteiger partial charge on any atom is 0.0452 e. The van der Waals surface area contributed by atoms with Crippen molar-refractivity contribution >= 4 is 23.2 Å². The number of nitrogens with one attached hydrogen (secondary N) is 1. The van der Waals surface area contributed by atoms with Gasteiger partial charge in [0.2, 0.25) is 0 Å². The number of benzene rings is 1. The second-order valence-electron chi connectivity index (χ2n) is 4.59. The average molecular weight is 273 g/mol. The first kappa shape index (κ1) is 13.2. The van der Waals surface area contributed by atoms with Crippen molar-refractivity contribution in [2.75, 3.05) is 19.6 Å². The predicted octanol–water partition coefficient (Wildman–Crippen LogP) is 3.18. The lowest BCUT2D eigenvalue weighted by Gasteiger charge is -2.26.